The van der Waals surface area contributed by atoms with Gasteiger partial charge in [-0.05, 0) is 51.9 Å². The van der Waals surface area contributed by atoms with E-state index in [1.54, 1.807) is 14.1 Å². The van der Waals surface area contributed by atoms with Gasteiger partial charge in [-0.3, -0.25) is 0 Å². The lowest BCUT2D eigenvalue weighted by molar-refractivity contribution is 0.179. The van der Waals surface area contributed by atoms with Crippen LogP contribution in [0.15, 0.2) is 0 Å². The van der Waals surface area contributed by atoms with Crippen LogP contribution in [0.5, 0.6) is 0 Å². The lowest BCUT2D eigenvalue weighted by Gasteiger charge is -2.43. The molecule has 0 aromatic heterocycles. The minimum atomic E-state index is 0.140. The normalized spacial score (nSPS) is 31.5. The quantitative estimate of drug-likeness (QED) is 0.586. The lowest BCUT2D eigenvalue weighted by Crippen LogP contribution is -2.37. The Morgan fingerprint density at radius 2 is 1.08 bits per heavy atom. The van der Waals surface area contributed by atoms with Gasteiger partial charge >= 0.3 is 0 Å². The van der Waals surface area contributed by atoms with Crippen LogP contribution in [0.4, 0.5) is 0 Å². The molecule has 0 radical (unpaired) electrons. The molecule has 0 unspecified atom stereocenters. The first-order chi connectivity index (χ1) is 5.61. The SMILES string of the molecule is CN([O-])C1CCC(N(C)[O-])CC1. The zero-order valence-electron chi connectivity index (χ0n) is 7.69. The summed E-state index contributed by atoms with van der Waals surface area (Å²) in [6, 6.07) is 0.280. The van der Waals surface area contributed by atoms with Gasteiger partial charge in [0, 0.05) is 0 Å². The van der Waals surface area contributed by atoms with Gasteiger partial charge in [0.25, 0.3) is 0 Å². The summed E-state index contributed by atoms with van der Waals surface area (Å²) in [6.07, 6.45) is 3.43. The molecule has 0 aliphatic heterocycles. The van der Waals surface area contributed by atoms with Crippen molar-refractivity contribution in [1.29, 1.82) is 0 Å². The maximum atomic E-state index is 10.9. The van der Waals surface area contributed by atoms with Gasteiger partial charge in [-0.2, -0.15) is 0 Å². The molecule has 0 N–H and O–H groups in total. The molecule has 0 spiro atoms. The summed E-state index contributed by atoms with van der Waals surface area (Å²) in [5, 5.41) is 23.8. The van der Waals surface area contributed by atoms with Gasteiger partial charge < -0.3 is 20.5 Å². The van der Waals surface area contributed by atoms with Crippen molar-refractivity contribution in [2.75, 3.05) is 14.1 Å². The van der Waals surface area contributed by atoms with Crippen molar-refractivity contribution in [2.24, 2.45) is 0 Å². The molecule has 0 bridgehead atoms. The summed E-state index contributed by atoms with van der Waals surface area (Å²) in [5.74, 6) is 0. The molecule has 1 rings (SSSR count). The smallest absolute Gasteiger partial charge is 0.00270 e. The molecular formula is C8H16N2O2-2. The lowest BCUT2D eigenvalue weighted by atomic mass is 9.91. The molecule has 0 saturated heterocycles. The van der Waals surface area contributed by atoms with Gasteiger partial charge in [0.1, 0.15) is 0 Å². The Kier molecular flexibility index (Phi) is 3.46. The van der Waals surface area contributed by atoms with Crippen LogP contribution in [0, 0.1) is 10.4 Å². The first-order valence-corrected chi connectivity index (χ1v) is 4.41. The van der Waals surface area contributed by atoms with Crippen molar-refractivity contribution < 1.29 is 0 Å². The van der Waals surface area contributed by atoms with Crippen LogP contribution in [0.25, 0.3) is 0 Å². The molecule has 0 atom stereocenters. The fourth-order valence-corrected chi connectivity index (χ4v) is 1.79. The summed E-state index contributed by atoms with van der Waals surface area (Å²) in [6.45, 7) is 0. The predicted octanol–water partition coefficient (Wildman–Crippen LogP) is 1.16. The zero-order chi connectivity index (χ0) is 9.14. The number of hydrogen-bond acceptors (Lipinski definition) is 4. The van der Waals surface area contributed by atoms with Crippen molar-refractivity contribution in [3.8, 4) is 0 Å². The van der Waals surface area contributed by atoms with Crippen LogP contribution in [-0.4, -0.2) is 36.3 Å². The number of rotatable bonds is 2. The maximum absolute atomic E-state index is 10.9. The third kappa shape index (κ3) is 2.42. The highest BCUT2D eigenvalue weighted by atomic mass is 16.5. The average Bonchev–Trinajstić information content (AvgIpc) is 2.04. The largest absolute Gasteiger partial charge is 0.785 e. The van der Waals surface area contributed by atoms with E-state index in [-0.39, 0.29) is 12.1 Å². The van der Waals surface area contributed by atoms with E-state index in [9.17, 15) is 10.4 Å². The highest BCUT2D eigenvalue weighted by Crippen LogP contribution is 2.24. The van der Waals surface area contributed by atoms with Gasteiger partial charge in [-0.15, -0.1) is 0 Å². The molecule has 1 aliphatic carbocycles. The molecule has 1 fully saturated rings. The van der Waals surface area contributed by atoms with Crippen molar-refractivity contribution >= 4 is 0 Å². The van der Waals surface area contributed by atoms with Crippen molar-refractivity contribution in [2.45, 2.75) is 37.8 Å². The van der Waals surface area contributed by atoms with Crippen LogP contribution in [-0.2, 0) is 0 Å². The molecule has 1 saturated carbocycles. The van der Waals surface area contributed by atoms with E-state index in [0.29, 0.717) is 0 Å². The molecule has 0 aromatic rings. The Labute approximate surface area is 73.3 Å². The summed E-state index contributed by atoms with van der Waals surface area (Å²) in [5.41, 5.74) is 0. The standard InChI is InChI=1S/C8H16N2O2/c1-9(11)7-3-5-8(6-4-7)10(2)12/h7-8H,3-6H2,1-2H3/q-2. The second-order valence-electron chi connectivity index (χ2n) is 3.55. The van der Waals surface area contributed by atoms with Crippen molar-refractivity contribution in [3.63, 3.8) is 0 Å². The molecule has 0 aromatic carbocycles. The first kappa shape index (κ1) is 9.92. The Hall–Kier alpha value is -0.160. The van der Waals surface area contributed by atoms with E-state index >= 15 is 0 Å². The summed E-state index contributed by atoms with van der Waals surface area (Å²) in [4.78, 5) is 0. The maximum Gasteiger partial charge on any atom is -0.00270 e. The molecule has 0 amide bonds. The number of nitrogens with zero attached hydrogens (tertiary/aromatic N) is 2. The van der Waals surface area contributed by atoms with E-state index in [4.69, 9.17) is 0 Å². The molecule has 4 nitrogen and oxygen atoms in total. The Bertz CT molecular complexity index is 115. The minimum absolute atomic E-state index is 0.140. The van der Waals surface area contributed by atoms with Crippen LogP contribution >= 0.6 is 0 Å². The second-order valence-corrected chi connectivity index (χ2v) is 3.55. The molecule has 4 heteroatoms. The number of hydrogen-bond donors (Lipinski definition) is 0. The Morgan fingerprint density at radius 3 is 1.25 bits per heavy atom. The molecular weight excluding hydrogens is 156 g/mol. The van der Waals surface area contributed by atoms with E-state index in [2.05, 4.69) is 0 Å². The van der Waals surface area contributed by atoms with Gasteiger partial charge in [0.2, 0.25) is 0 Å². The van der Waals surface area contributed by atoms with E-state index in [0.717, 1.165) is 35.8 Å². The molecule has 0 heterocycles. The van der Waals surface area contributed by atoms with Crippen LogP contribution in [0.2, 0.25) is 0 Å². The molecule has 72 valence electrons. The highest BCUT2D eigenvalue weighted by Gasteiger charge is 2.20. The van der Waals surface area contributed by atoms with E-state index < -0.39 is 0 Å². The van der Waals surface area contributed by atoms with Crippen molar-refractivity contribution in [1.82, 2.24) is 10.1 Å². The van der Waals surface area contributed by atoms with Gasteiger partial charge in [0.15, 0.2) is 0 Å². The van der Waals surface area contributed by atoms with Crippen molar-refractivity contribution in [3.05, 3.63) is 10.4 Å². The predicted molar refractivity (Wildman–Crippen MR) is 48.3 cm³/mol. The summed E-state index contributed by atoms with van der Waals surface area (Å²) >= 11 is 0. The Morgan fingerprint density at radius 1 is 0.833 bits per heavy atom. The molecule has 1 aliphatic rings. The third-order valence-corrected chi connectivity index (χ3v) is 2.69. The van der Waals surface area contributed by atoms with Gasteiger partial charge in [-0.1, -0.05) is 0 Å². The minimum Gasteiger partial charge on any atom is -0.785 e. The molecule has 12 heavy (non-hydrogen) atoms. The fourth-order valence-electron chi connectivity index (χ4n) is 1.79. The van der Waals surface area contributed by atoms with Crippen LogP contribution < -0.4 is 0 Å². The third-order valence-electron chi connectivity index (χ3n) is 2.69. The van der Waals surface area contributed by atoms with Crippen LogP contribution in [0.1, 0.15) is 25.7 Å². The average molecular weight is 172 g/mol. The van der Waals surface area contributed by atoms with Gasteiger partial charge in [0.05, 0.1) is 0 Å². The summed E-state index contributed by atoms with van der Waals surface area (Å²) in [7, 11) is 3.12. The highest BCUT2D eigenvalue weighted by molar-refractivity contribution is 4.82. The first-order valence-electron chi connectivity index (χ1n) is 4.41. The number of hydroxylamine groups is 4. The summed E-state index contributed by atoms with van der Waals surface area (Å²) < 4.78 is 0. The van der Waals surface area contributed by atoms with E-state index in [1.165, 1.54) is 0 Å². The monoisotopic (exact) mass is 172 g/mol. The zero-order valence-corrected chi connectivity index (χ0v) is 7.69. The van der Waals surface area contributed by atoms with Gasteiger partial charge in [-0.25, -0.2) is 0 Å². The van der Waals surface area contributed by atoms with E-state index in [1.807, 2.05) is 0 Å². The van der Waals surface area contributed by atoms with Crippen LogP contribution in [0.3, 0.4) is 0 Å². The Balaban J connectivity index is 2.30. The topological polar surface area (TPSA) is 52.6 Å². The fraction of sp³-hybridized carbons (Fsp3) is 1.00. The second kappa shape index (κ2) is 4.18.